The molecule has 0 aliphatic rings. The summed E-state index contributed by atoms with van der Waals surface area (Å²) in [7, 11) is 0. The number of hydrogen-bond donors (Lipinski definition) is 1. The maximum absolute atomic E-state index is 13.6. The Morgan fingerprint density at radius 3 is 2.88 bits per heavy atom. The van der Waals surface area contributed by atoms with Crippen molar-refractivity contribution >= 4 is 27.8 Å². The van der Waals surface area contributed by atoms with Gasteiger partial charge in [0.15, 0.2) is 0 Å². The molecule has 17 heavy (non-hydrogen) atoms. The summed E-state index contributed by atoms with van der Waals surface area (Å²) in [5, 5.41) is 9.45. The highest BCUT2D eigenvalue weighted by atomic mass is 79.9. The van der Waals surface area contributed by atoms with Gasteiger partial charge in [-0.3, -0.25) is 10.1 Å². The van der Waals surface area contributed by atoms with Crippen LogP contribution in [0.2, 0.25) is 0 Å². The van der Waals surface area contributed by atoms with Gasteiger partial charge < -0.3 is 0 Å². The molecule has 1 heterocycles. The van der Waals surface area contributed by atoms with Gasteiger partial charge in [-0.2, -0.15) is 5.10 Å². The molecule has 1 aromatic heterocycles. The van der Waals surface area contributed by atoms with E-state index in [4.69, 9.17) is 0 Å². The first-order chi connectivity index (χ1) is 8.18. The summed E-state index contributed by atoms with van der Waals surface area (Å²) in [6, 6.07) is 4.44. The number of benzene rings is 1. The largest absolute Gasteiger partial charge is 0.289 e. The lowest BCUT2D eigenvalue weighted by Crippen LogP contribution is -2.16. The Morgan fingerprint density at radius 1 is 1.35 bits per heavy atom. The Kier molecular flexibility index (Phi) is 3.38. The Morgan fingerprint density at radius 2 is 2.18 bits per heavy atom. The quantitative estimate of drug-likeness (QED) is 0.921. The smallest absolute Gasteiger partial charge is 0.261 e. The minimum Gasteiger partial charge on any atom is -0.289 e. The van der Waals surface area contributed by atoms with Crippen LogP contribution in [0, 0.1) is 5.82 Å². The number of hydrogen-bond acceptors (Lipinski definition) is 4. The highest BCUT2D eigenvalue weighted by Gasteiger charge is 2.14. The van der Waals surface area contributed by atoms with Crippen molar-refractivity contribution in [1.29, 1.82) is 0 Å². The van der Waals surface area contributed by atoms with E-state index in [1.54, 1.807) is 6.07 Å². The zero-order chi connectivity index (χ0) is 12.3. The molecule has 1 N–H and O–H groups in total. The second kappa shape index (κ2) is 4.96. The van der Waals surface area contributed by atoms with E-state index in [1.807, 2.05) is 0 Å². The predicted molar refractivity (Wildman–Crippen MR) is 61.9 cm³/mol. The number of nitrogens with one attached hydrogen (secondary N) is 1. The lowest BCUT2D eigenvalue weighted by molar-refractivity contribution is 0.102. The Hall–Kier alpha value is -1.89. The molecule has 7 heteroatoms. The molecule has 0 bridgehead atoms. The van der Waals surface area contributed by atoms with Gasteiger partial charge in [0.2, 0.25) is 5.95 Å². The molecule has 0 spiro atoms. The zero-order valence-electron chi connectivity index (χ0n) is 8.39. The number of aromatic nitrogens is 3. The van der Waals surface area contributed by atoms with Gasteiger partial charge in [-0.15, -0.1) is 5.10 Å². The molecule has 0 saturated heterocycles. The van der Waals surface area contributed by atoms with Crippen LogP contribution in [-0.4, -0.2) is 21.1 Å². The van der Waals surface area contributed by atoms with Crippen molar-refractivity contribution in [2.45, 2.75) is 0 Å². The summed E-state index contributed by atoms with van der Waals surface area (Å²) in [6.07, 6.45) is 2.75. The normalized spacial score (nSPS) is 10.0. The molecule has 0 radical (unpaired) electrons. The summed E-state index contributed by atoms with van der Waals surface area (Å²) in [5.74, 6) is -1.23. The van der Waals surface area contributed by atoms with E-state index < -0.39 is 11.7 Å². The predicted octanol–water partition coefficient (Wildman–Crippen LogP) is 2.03. The average molecular weight is 297 g/mol. The summed E-state index contributed by atoms with van der Waals surface area (Å²) < 4.78 is 13.8. The van der Waals surface area contributed by atoms with Gasteiger partial charge in [-0.1, -0.05) is 6.07 Å². The third-order valence-corrected chi connectivity index (χ3v) is 2.52. The maximum atomic E-state index is 13.6. The number of anilines is 1. The first-order valence-electron chi connectivity index (χ1n) is 4.57. The number of amides is 1. The fourth-order valence-electron chi connectivity index (χ4n) is 1.15. The van der Waals surface area contributed by atoms with E-state index in [1.165, 1.54) is 24.5 Å². The summed E-state index contributed by atoms with van der Waals surface area (Å²) in [4.78, 5) is 15.5. The third-order valence-electron chi connectivity index (χ3n) is 1.90. The van der Waals surface area contributed by atoms with Gasteiger partial charge in [-0.05, 0) is 28.1 Å². The molecule has 5 nitrogen and oxygen atoms in total. The zero-order valence-corrected chi connectivity index (χ0v) is 9.98. The summed E-state index contributed by atoms with van der Waals surface area (Å²) in [5.41, 5.74) is -0.0909. The van der Waals surface area contributed by atoms with Gasteiger partial charge in [0.25, 0.3) is 5.91 Å². The fourth-order valence-corrected chi connectivity index (χ4v) is 1.52. The van der Waals surface area contributed by atoms with Crippen LogP contribution in [0.15, 0.2) is 35.1 Å². The number of rotatable bonds is 2. The molecule has 1 amide bonds. The average Bonchev–Trinajstić information content (AvgIpc) is 2.34. The standard InChI is InChI=1S/C10H6BrFN4O/c11-7-3-1-2-6(8(7)12)9(17)15-10-13-4-5-14-16-10/h1-5H,(H,13,15,16,17). The Balaban J connectivity index is 2.24. The molecular formula is C10H6BrFN4O. The highest BCUT2D eigenvalue weighted by Crippen LogP contribution is 2.18. The molecular weight excluding hydrogens is 291 g/mol. The monoisotopic (exact) mass is 296 g/mol. The number of carbonyl (C=O) groups is 1. The summed E-state index contributed by atoms with van der Waals surface area (Å²) in [6.45, 7) is 0. The molecule has 0 aliphatic heterocycles. The minimum absolute atomic E-state index is 0.0249. The SMILES string of the molecule is O=C(Nc1nccnn1)c1cccc(Br)c1F. The van der Waals surface area contributed by atoms with Crippen LogP contribution in [0.1, 0.15) is 10.4 Å². The van der Waals surface area contributed by atoms with Crippen LogP contribution >= 0.6 is 15.9 Å². The Bertz CT molecular complexity index is 549. The van der Waals surface area contributed by atoms with E-state index in [9.17, 15) is 9.18 Å². The molecule has 2 rings (SSSR count). The van der Waals surface area contributed by atoms with Gasteiger partial charge in [0.1, 0.15) is 5.82 Å². The van der Waals surface area contributed by atoms with Crippen molar-refractivity contribution < 1.29 is 9.18 Å². The van der Waals surface area contributed by atoms with Crippen LogP contribution in [-0.2, 0) is 0 Å². The Labute approximate surface area is 104 Å². The van der Waals surface area contributed by atoms with Crippen LogP contribution in [0.3, 0.4) is 0 Å². The summed E-state index contributed by atoms with van der Waals surface area (Å²) >= 11 is 3.00. The molecule has 0 saturated carbocycles. The molecule has 0 unspecified atom stereocenters. The third kappa shape index (κ3) is 2.62. The van der Waals surface area contributed by atoms with Gasteiger partial charge in [-0.25, -0.2) is 9.37 Å². The first-order valence-corrected chi connectivity index (χ1v) is 5.37. The lowest BCUT2D eigenvalue weighted by Gasteiger charge is -2.04. The fraction of sp³-hybridized carbons (Fsp3) is 0. The van der Waals surface area contributed by atoms with Crippen molar-refractivity contribution in [3.8, 4) is 0 Å². The molecule has 2 aromatic rings. The van der Waals surface area contributed by atoms with E-state index in [-0.39, 0.29) is 16.0 Å². The van der Waals surface area contributed by atoms with E-state index in [0.717, 1.165) is 0 Å². The van der Waals surface area contributed by atoms with Crippen LogP contribution < -0.4 is 5.32 Å². The maximum Gasteiger partial charge on any atom is 0.261 e. The lowest BCUT2D eigenvalue weighted by atomic mass is 10.2. The van der Waals surface area contributed by atoms with Gasteiger partial charge in [0, 0.05) is 0 Å². The number of halogens is 2. The van der Waals surface area contributed by atoms with Crippen molar-refractivity contribution in [3.05, 3.63) is 46.4 Å². The number of nitrogens with zero attached hydrogens (tertiary/aromatic N) is 3. The topological polar surface area (TPSA) is 67.8 Å². The highest BCUT2D eigenvalue weighted by molar-refractivity contribution is 9.10. The first kappa shape index (κ1) is 11.6. The number of carbonyl (C=O) groups excluding carboxylic acids is 1. The van der Waals surface area contributed by atoms with Gasteiger partial charge in [0.05, 0.1) is 22.4 Å². The van der Waals surface area contributed by atoms with Crippen molar-refractivity contribution in [2.75, 3.05) is 5.32 Å². The van der Waals surface area contributed by atoms with Crippen molar-refractivity contribution in [1.82, 2.24) is 15.2 Å². The minimum atomic E-state index is -0.631. The van der Waals surface area contributed by atoms with E-state index >= 15 is 0 Å². The van der Waals surface area contributed by atoms with Crippen molar-refractivity contribution in [2.24, 2.45) is 0 Å². The van der Waals surface area contributed by atoms with E-state index in [2.05, 4.69) is 36.4 Å². The molecule has 0 aliphatic carbocycles. The molecule has 1 aromatic carbocycles. The van der Waals surface area contributed by atoms with Crippen LogP contribution in [0.4, 0.5) is 10.3 Å². The second-order valence-electron chi connectivity index (χ2n) is 3.02. The molecule has 86 valence electrons. The van der Waals surface area contributed by atoms with Gasteiger partial charge >= 0.3 is 0 Å². The second-order valence-corrected chi connectivity index (χ2v) is 3.88. The molecule has 0 atom stereocenters. The van der Waals surface area contributed by atoms with Crippen LogP contribution in [0.25, 0.3) is 0 Å². The molecule has 0 fully saturated rings. The van der Waals surface area contributed by atoms with Crippen molar-refractivity contribution in [3.63, 3.8) is 0 Å². The van der Waals surface area contributed by atoms with Crippen LogP contribution in [0.5, 0.6) is 0 Å². The van der Waals surface area contributed by atoms with E-state index in [0.29, 0.717) is 0 Å².